The zero-order valence-electron chi connectivity index (χ0n) is 27.3. The molecule has 3 aliphatic heterocycles. The number of carbonyl (C=O) groups is 1. The Kier molecular flexibility index (Phi) is 7.78. The van der Waals surface area contributed by atoms with E-state index in [9.17, 15) is 4.79 Å². The summed E-state index contributed by atoms with van der Waals surface area (Å²) in [5, 5.41) is 11.9. The van der Waals surface area contributed by atoms with E-state index in [0.29, 0.717) is 19.8 Å². The normalized spacial score (nSPS) is 25.5. The first-order valence-electron chi connectivity index (χ1n) is 16.4. The summed E-state index contributed by atoms with van der Waals surface area (Å²) in [5.74, 6) is 1.03. The number of halogens is 1. The number of nitrogens with zero attached hydrogens (tertiary/aromatic N) is 7. The summed E-state index contributed by atoms with van der Waals surface area (Å²) in [6.45, 7) is 19.8. The van der Waals surface area contributed by atoms with E-state index in [2.05, 4.69) is 59.9 Å². The standard InChI is InChI=1S/C34H46ClN7O3/c1-7-28(43)40-20-34(21-40)14-24(15-34)42-23(4)29(30-26-16-36-38(6)27(26)13-22(3)31(30)35)32(37-42)41-10-9-39(19-33(41,5)8-2)17-25-18-44-11-12-45-25/h7,13,16,24-25H,1,8-12,14-15,17-21H2,2-6H3/t25-,33+/m1/s1. The van der Waals surface area contributed by atoms with Crippen LogP contribution in [0.2, 0.25) is 5.02 Å². The van der Waals surface area contributed by atoms with Crippen molar-refractivity contribution in [3.63, 3.8) is 0 Å². The van der Waals surface area contributed by atoms with Gasteiger partial charge in [-0.1, -0.05) is 25.1 Å². The minimum atomic E-state index is -0.140. The number of fused-ring (bicyclic) bond motifs is 1. The highest BCUT2D eigenvalue weighted by Gasteiger charge is 2.55. The number of rotatable bonds is 7. The monoisotopic (exact) mass is 635 g/mol. The molecule has 242 valence electrons. The van der Waals surface area contributed by atoms with E-state index in [4.69, 9.17) is 26.2 Å². The fourth-order valence-corrected chi connectivity index (χ4v) is 8.56. The van der Waals surface area contributed by atoms with Crippen LogP contribution in [0, 0.1) is 19.3 Å². The molecule has 0 bridgehead atoms. The SMILES string of the molecule is C=CC(=O)N1CC2(CC(n3nc(N4CCN(C[C@@H]5COCCO5)C[C@]4(C)CC)c(-c4c(Cl)c(C)cc5c4cnn5C)c3C)C2)C1. The molecule has 11 heteroatoms. The highest BCUT2D eigenvalue weighted by molar-refractivity contribution is 6.36. The van der Waals surface area contributed by atoms with Crippen molar-refractivity contribution in [2.45, 2.75) is 64.6 Å². The number of amides is 1. The summed E-state index contributed by atoms with van der Waals surface area (Å²) in [6, 6.07) is 2.41. The van der Waals surface area contributed by atoms with Crippen LogP contribution in [0.5, 0.6) is 0 Å². The van der Waals surface area contributed by atoms with Crippen molar-refractivity contribution in [1.82, 2.24) is 29.4 Å². The lowest BCUT2D eigenvalue weighted by atomic mass is 9.60. The van der Waals surface area contributed by atoms with E-state index in [-0.39, 0.29) is 29.0 Å². The number of carbonyl (C=O) groups excluding carboxylic acids is 1. The Bertz CT molecular complexity index is 1630. The van der Waals surface area contributed by atoms with E-state index < -0.39 is 0 Å². The maximum Gasteiger partial charge on any atom is 0.245 e. The Labute approximate surface area is 270 Å². The van der Waals surface area contributed by atoms with Gasteiger partial charge in [-0.2, -0.15) is 10.2 Å². The van der Waals surface area contributed by atoms with Crippen molar-refractivity contribution >= 4 is 34.2 Å². The van der Waals surface area contributed by atoms with Gasteiger partial charge in [0.05, 0.1) is 54.2 Å². The molecule has 0 N–H and O–H groups in total. The van der Waals surface area contributed by atoms with Crippen LogP contribution in [0.4, 0.5) is 5.82 Å². The third kappa shape index (κ3) is 5.08. The molecule has 45 heavy (non-hydrogen) atoms. The summed E-state index contributed by atoms with van der Waals surface area (Å²) in [7, 11) is 1.98. The maximum atomic E-state index is 12.1. The maximum absolute atomic E-state index is 12.1. The summed E-state index contributed by atoms with van der Waals surface area (Å²) < 4.78 is 15.9. The van der Waals surface area contributed by atoms with Crippen molar-refractivity contribution in [2.24, 2.45) is 12.5 Å². The number of ether oxygens (including phenoxy) is 2. The van der Waals surface area contributed by atoms with Crippen LogP contribution < -0.4 is 4.90 Å². The first kappa shape index (κ1) is 30.7. The van der Waals surface area contributed by atoms with Crippen LogP contribution in [-0.4, -0.2) is 106 Å². The number of hydrogen-bond acceptors (Lipinski definition) is 7. The molecule has 0 radical (unpaired) electrons. The van der Waals surface area contributed by atoms with Crippen molar-refractivity contribution in [3.05, 3.63) is 41.2 Å². The predicted octanol–water partition coefficient (Wildman–Crippen LogP) is 4.76. The van der Waals surface area contributed by atoms with Gasteiger partial charge in [0.2, 0.25) is 5.91 Å². The number of aromatic nitrogens is 4. The van der Waals surface area contributed by atoms with E-state index in [0.717, 1.165) is 103 Å². The van der Waals surface area contributed by atoms with Crippen molar-refractivity contribution in [3.8, 4) is 11.1 Å². The average Bonchev–Trinajstić information content (AvgIpc) is 3.51. The van der Waals surface area contributed by atoms with Crippen molar-refractivity contribution in [2.75, 3.05) is 64.0 Å². The van der Waals surface area contributed by atoms with Crippen LogP contribution in [0.1, 0.15) is 50.4 Å². The van der Waals surface area contributed by atoms with Crippen molar-refractivity contribution in [1.29, 1.82) is 0 Å². The molecule has 10 nitrogen and oxygen atoms in total. The van der Waals surface area contributed by atoms with Gasteiger partial charge in [0.15, 0.2) is 5.82 Å². The van der Waals surface area contributed by atoms with Crippen LogP contribution in [-0.2, 0) is 21.3 Å². The second kappa shape index (κ2) is 11.4. The molecule has 0 unspecified atom stereocenters. The lowest BCUT2D eigenvalue weighted by molar-refractivity contribution is -0.149. The smallest absolute Gasteiger partial charge is 0.245 e. The van der Waals surface area contributed by atoms with Gasteiger partial charge in [-0.15, -0.1) is 0 Å². The first-order chi connectivity index (χ1) is 21.6. The highest BCUT2D eigenvalue weighted by Crippen LogP contribution is 2.56. The molecule has 1 spiro atoms. The molecule has 1 aliphatic carbocycles. The molecule has 3 aromatic rings. The molecule has 1 saturated carbocycles. The Balaban J connectivity index is 1.27. The molecule has 4 aliphatic rings. The van der Waals surface area contributed by atoms with E-state index in [1.54, 1.807) is 0 Å². The van der Waals surface area contributed by atoms with Crippen LogP contribution in [0.15, 0.2) is 24.9 Å². The Hall–Kier alpha value is -2.92. The third-order valence-corrected chi connectivity index (χ3v) is 11.5. The van der Waals surface area contributed by atoms with Gasteiger partial charge in [0.1, 0.15) is 0 Å². The fraction of sp³-hybridized carbons (Fsp3) is 0.618. The molecule has 3 saturated heterocycles. The number of piperazine rings is 1. The minimum Gasteiger partial charge on any atom is -0.376 e. The van der Waals surface area contributed by atoms with Gasteiger partial charge in [-0.05, 0) is 57.7 Å². The molecule has 7 rings (SSSR count). The van der Waals surface area contributed by atoms with Crippen LogP contribution in [0.25, 0.3) is 22.0 Å². The lowest BCUT2D eigenvalue weighted by Crippen LogP contribution is -2.63. The average molecular weight is 636 g/mol. The highest BCUT2D eigenvalue weighted by atomic mass is 35.5. The predicted molar refractivity (Wildman–Crippen MR) is 177 cm³/mol. The second-order valence-corrected chi connectivity index (χ2v) is 14.5. The molecule has 1 amide bonds. The Morgan fingerprint density at radius 2 is 1.96 bits per heavy atom. The summed E-state index contributed by atoms with van der Waals surface area (Å²) in [6.07, 6.45) is 6.48. The second-order valence-electron chi connectivity index (χ2n) is 14.1. The van der Waals surface area contributed by atoms with E-state index in [1.165, 1.54) is 6.08 Å². The zero-order chi connectivity index (χ0) is 31.7. The Morgan fingerprint density at radius 3 is 2.64 bits per heavy atom. The van der Waals surface area contributed by atoms with Gasteiger partial charge in [0.25, 0.3) is 0 Å². The van der Waals surface area contributed by atoms with Crippen LogP contribution in [0.3, 0.4) is 0 Å². The number of likely N-dealkylation sites (tertiary alicyclic amines) is 1. The minimum absolute atomic E-state index is 0.0269. The molecule has 2 aromatic heterocycles. The summed E-state index contributed by atoms with van der Waals surface area (Å²) in [4.78, 5) is 19.1. The van der Waals surface area contributed by atoms with Gasteiger partial charge in [0, 0.05) is 73.9 Å². The Morgan fingerprint density at radius 1 is 1.18 bits per heavy atom. The molecule has 2 atom stereocenters. The number of anilines is 1. The first-order valence-corrected chi connectivity index (χ1v) is 16.7. The van der Waals surface area contributed by atoms with Gasteiger partial charge < -0.3 is 19.3 Å². The molecule has 1 aromatic carbocycles. The number of benzene rings is 1. The van der Waals surface area contributed by atoms with E-state index >= 15 is 0 Å². The summed E-state index contributed by atoms with van der Waals surface area (Å²) in [5.41, 5.74) is 5.40. The van der Waals surface area contributed by atoms with Crippen molar-refractivity contribution < 1.29 is 14.3 Å². The largest absolute Gasteiger partial charge is 0.376 e. The summed E-state index contributed by atoms with van der Waals surface area (Å²) >= 11 is 7.24. The molecule has 5 heterocycles. The quantitative estimate of drug-likeness (QED) is 0.346. The van der Waals surface area contributed by atoms with Crippen LogP contribution >= 0.6 is 11.6 Å². The number of aryl methyl sites for hydroxylation is 2. The molecular weight excluding hydrogens is 590 g/mol. The van der Waals surface area contributed by atoms with Gasteiger partial charge in [-0.25, -0.2) is 0 Å². The fourth-order valence-electron chi connectivity index (χ4n) is 8.31. The molecular formula is C34H46ClN7O3. The lowest BCUT2D eigenvalue weighted by Gasteiger charge is -2.58. The molecule has 4 fully saturated rings. The van der Waals surface area contributed by atoms with E-state index in [1.807, 2.05) is 22.8 Å². The van der Waals surface area contributed by atoms with Gasteiger partial charge >= 0.3 is 0 Å². The topological polar surface area (TPSA) is 80.9 Å². The third-order valence-electron chi connectivity index (χ3n) is 11.0. The zero-order valence-corrected chi connectivity index (χ0v) is 28.1. The number of hydrogen-bond donors (Lipinski definition) is 0. The van der Waals surface area contributed by atoms with Gasteiger partial charge in [-0.3, -0.25) is 19.1 Å².